The first kappa shape index (κ1) is 15.2. The molecule has 0 radical (unpaired) electrons. The van der Waals surface area contributed by atoms with E-state index in [4.69, 9.17) is 4.74 Å². The van der Waals surface area contributed by atoms with Gasteiger partial charge in [-0.2, -0.15) is 0 Å². The van der Waals surface area contributed by atoms with Crippen LogP contribution in [0.3, 0.4) is 0 Å². The molecule has 0 saturated carbocycles. The Bertz CT molecular complexity index is 729. The van der Waals surface area contributed by atoms with Crippen LogP contribution in [0.1, 0.15) is 29.4 Å². The third-order valence-electron chi connectivity index (χ3n) is 2.99. The van der Waals surface area contributed by atoms with E-state index in [0.717, 1.165) is 17.0 Å². The van der Waals surface area contributed by atoms with Gasteiger partial charge in [-0.05, 0) is 26.0 Å². The van der Waals surface area contributed by atoms with Crippen molar-refractivity contribution < 1.29 is 14.3 Å². The van der Waals surface area contributed by atoms with Crippen molar-refractivity contribution in [3.8, 4) is 5.75 Å². The zero-order valence-electron chi connectivity index (χ0n) is 11.8. The molecule has 1 aromatic carbocycles. The number of ketones is 1. The number of aryl methyl sites for hydroxylation is 1. The number of carbonyl (C=O) groups excluding carboxylic acids is 2. The molecule has 6 heteroatoms. The molecule has 0 saturated heterocycles. The highest BCUT2D eigenvalue weighted by atomic mass is 32.1. The molecular weight excluding hydrogens is 290 g/mol. The van der Waals surface area contributed by atoms with Gasteiger partial charge in [-0.3, -0.25) is 14.4 Å². The number of hydrogen-bond donors (Lipinski definition) is 0. The minimum Gasteiger partial charge on any atom is -0.426 e. The van der Waals surface area contributed by atoms with Gasteiger partial charge in [-0.1, -0.05) is 23.5 Å². The number of rotatable bonds is 5. The lowest BCUT2D eigenvalue weighted by atomic mass is 10.1. The van der Waals surface area contributed by atoms with Gasteiger partial charge in [0.05, 0.1) is 6.42 Å². The van der Waals surface area contributed by atoms with Crippen molar-refractivity contribution in [3.63, 3.8) is 0 Å². The Labute approximate surface area is 125 Å². The maximum atomic E-state index is 11.8. The van der Waals surface area contributed by atoms with E-state index in [0.29, 0.717) is 17.9 Å². The molecule has 1 heterocycles. The maximum Gasteiger partial charge on any atom is 0.312 e. The highest BCUT2D eigenvalue weighted by molar-refractivity contribution is 7.07. The second kappa shape index (κ2) is 6.49. The van der Waals surface area contributed by atoms with E-state index in [1.807, 2.05) is 6.92 Å². The molecule has 0 aliphatic heterocycles. The van der Waals surface area contributed by atoms with Gasteiger partial charge in [0, 0.05) is 23.2 Å². The van der Waals surface area contributed by atoms with E-state index in [-0.39, 0.29) is 17.1 Å². The molecule has 2 aromatic rings. The van der Waals surface area contributed by atoms with Crippen molar-refractivity contribution in [2.45, 2.75) is 26.8 Å². The first-order valence-corrected chi connectivity index (χ1v) is 7.32. The smallest absolute Gasteiger partial charge is 0.312 e. The molecule has 0 spiro atoms. The second-order valence-corrected chi connectivity index (χ2v) is 5.42. The lowest BCUT2D eigenvalue weighted by molar-refractivity contribution is -0.134. The van der Waals surface area contributed by atoms with Gasteiger partial charge in [0.1, 0.15) is 5.75 Å². The Morgan fingerprint density at radius 1 is 1.33 bits per heavy atom. The van der Waals surface area contributed by atoms with Gasteiger partial charge >= 0.3 is 10.8 Å². The van der Waals surface area contributed by atoms with Gasteiger partial charge in [0.25, 0.3) is 0 Å². The van der Waals surface area contributed by atoms with Crippen LogP contribution in [0.5, 0.6) is 5.75 Å². The topological polar surface area (TPSA) is 65.4 Å². The van der Waals surface area contributed by atoms with Gasteiger partial charge in [0.2, 0.25) is 0 Å². The Hall–Kier alpha value is -2.21. The molecule has 2 rings (SSSR count). The number of nitrogens with zero attached hydrogens (tertiary/aromatic N) is 1. The summed E-state index contributed by atoms with van der Waals surface area (Å²) in [5, 5.41) is 1.75. The predicted octanol–water partition coefficient (Wildman–Crippen LogP) is 2.42. The Balaban J connectivity index is 1.98. The molecule has 0 fully saturated rings. The van der Waals surface area contributed by atoms with Crippen LogP contribution in [0.2, 0.25) is 0 Å². The van der Waals surface area contributed by atoms with Crippen molar-refractivity contribution in [1.29, 1.82) is 0 Å². The molecule has 0 unspecified atom stereocenters. The summed E-state index contributed by atoms with van der Waals surface area (Å²) in [6.45, 7) is 3.56. The largest absolute Gasteiger partial charge is 0.426 e. The normalized spacial score (nSPS) is 10.4. The molecule has 0 aliphatic carbocycles. The fourth-order valence-electron chi connectivity index (χ4n) is 1.84. The SMILES string of the molecule is CC(=O)c1cccc(OC(=O)CCn2c(C)csc2=O)c1. The van der Waals surface area contributed by atoms with Crippen molar-refractivity contribution in [2.75, 3.05) is 0 Å². The number of benzene rings is 1. The lowest BCUT2D eigenvalue weighted by Gasteiger charge is -2.06. The standard InChI is InChI=1S/C15H15NO4S/c1-10-9-21-15(19)16(10)7-6-14(18)20-13-5-3-4-12(8-13)11(2)17/h3-5,8-9H,6-7H2,1-2H3. The van der Waals surface area contributed by atoms with E-state index in [1.54, 1.807) is 23.6 Å². The van der Waals surface area contributed by atoms with E-state index in [9.17, 15) is 14.4 Å². The van der Waals surface area contributed by atoms with Gasteiger partial charge in [-0.25, -0.2) is 0 Å². The van der Waals surface area contributed by atoms with Crippen LogP contribution in [0.4, 0.5) is 0 Å². The monoisotopic (exact) mass is 305 g/mol. The highest BCUT2D eigenvalue weighted by Gasteiger charge is 2.09. The van der Waals surface area contributed by atoms with Crippen LogP contribution in [0.15, 0.2) is 34.4 Å². The Morgan fingerprint density at radius 3 is 2.71 bits per heavy atom. The number of ether oxygens (including phenoxy) is 1. The average Bonchev–Trinajstić information content (AvgIpc) is 2.76. The minimum atomic E-state index is -0.437. The number of aromatic nitrogens is 1. The lowest BCUT2D eigenvalue weighted by Crippen LogP contribution is -2.19. The molecule has 21 heavy (non-hydrogen) atoms. The van der Waals surface area contributed by atoms with E-state index in [2.05, 4.69) is 0 Å². The molecule has 0 bridgehead atoms. The van der Waals surface area contributed by atoms with Gasteiger partial charge in [0.15, 0.2) is 5.78 Å². The van der Waals surface area contributed by atoms with Crippen LogP contribution < -0.4 is 9.61 Å². The first-order valence-electron chi connectivity index (χ1n) is 6.44. The minimum absolute atomic E-state index is 0.0844. The predicted molar refractivity (Wildman–Crippen MR) is 80.0 cm³/mol. The average molecular weight is 305 g/mol. The summed E-state index contributed by atoms with van der Waals surface area (Å²) in [6.07, 6.45) is 0.0990. The summed E-state index contributed by atoms with van der Waals surface area (Å²) in [4.78, 5) is 34.5. The Kier molecular flexibility index (Phi) is 4.70. The third-order valence-corrected chi connectivity index (χ3v) is 3.87. The summed E-state index contributed by atoms with van der Waals surface area (Å²) in [7, 11) is 0. The zero-order chi connectivity index (χ0) is 15.4. The molecule has 5 nitrogen and oxygen atoms in total. The van der Waals surface area contributed by atoms with Gasteiger partial charge < -0.3 is 9.30 Å². The van der Waals surface area contributed by atoms with E-state index in [1.165, 1.54) is 17.6 Å². The van der Waals surface area contributed by atoms with Crippen molar-refractivity contribution in [2.24, 2.45) is 0 Å². The number of esters is 1. The van der Waals surface area contributed by atoms with Crippen LogP contribution in [0.25, 0.3) is 0 Å². The van der Waals surface area contributed by atoms with Crippen molar-refractivity contribution >= 4 is 23.1 Å². The van der Waals surface area contributed by atoms with Crippen LogP contribution in [0, 0.1) is 6.92 Å². The summed E-state index contributed by atoms with van der Waals surface area (Å²) >= 11 is 1.11. The quantitative estimate of drug-likeness (QED) is 0.483. The van der Waals surface area contributed by atoms with E-state index >= 15 is 0 Å². The third kappa shape index (κ3) is 3.88. The Morgan fingerprint density at radius 2 is 2.10 bits per heavy atom. The number of carbonyl (C=O) groups is 2. The van der Waals surface area contributed by atoms with Crippen molar-refractivity contribution in [1.82, 2.24) is 4.57 Å². The first-order chi connectivity index (χ1) is 9.97. The molecule has 0 aliphatic rings. The number of thiazole rings is 1. The highest BCUT2D eigenvalue weighted by Crippen LogP contribution is 2.14. The van der Waals surface area contributed by atoms with Gasteiger partial charge in [-0.15, -0.1) is 0 Å². The summed E-state index contributed by atoms with van der Waals surface area (Å²) in [5.41, 5.74) is 1.32. The molecule has 0 N–H and O–H groups in total. The molecule has 0 atom stereocenters. The van der Waals surface area contributed by atoms with Crippen LogP contribution >= 0.6 is 11.3 Å². The summed E-state index contributed by atoms with van der Waals surface area (Å²) < 4.78 is 6.72. The molecule has 0 amide bonds. The van der Waals surface area contributed by atoms with E-state index < -0.39 is 5.97 Å². The summed E-state index contributed by atoms with van der Waals surface area (Å²) in [6, 6.07) is 6.47. The molecular formula is C15H15NO4S. The van der Waals surface area contributed by atoms with Crippen LogP contribution in [-0.2, 0) is 11.3 Å². The fraction of sp³-hybridized carbons (Fsp3) is 0.267. The fourth-order valence-corrected chi connectivity index (χ4v) is 2.60. The maximum absolute atomic E-state index is 11.8. The number of Topliss-reactive ketones (excluding diaryl/α,β-unsaturated/α-hetero) is 1. The number of hydrogen-bond acceptors (Lipinski definition) is 5. The molecule has 110 valence electrons. The molecule has 1 aromatic heterocycles. The van der Waals surface area contributed by atoms with Crippen molar-refractivity contribution in [3.05, 3.63) is 50.6 Å². The van der Waals surface area contributed by atoms with Crippen LogP contribution in [-0.4, -0.2) is 16.3 Å². The summed E-state index contributed by atoms with van der Waals surface area (Å²) in [5.74, 6) is -0.191. The second-order valence-electron chi connectivity index (χ2n) is 4.60. The zero-order valence-corrected chi connectivity index (χ0v) is 12.6.